The summed E-state index contributed by atoms with van der Waals surface area (Å²) in [7, 11) is 3.88. The number of aryl methyl sites for hydroxylation is 1. The van der Waals surface area contributed by atoms with Crippen molar-refractivity contribution in [3.05, 3.63) is 47.5 Å². The Kier molecular flexibility index (Phi) is 4.02. The summed E-state index contributed by atoms with van der Waals surface area (Å²) in [4.78, 5) is 15.5. The summed E-state index contributed by atoms with van der Waals surface area (Å²) >= 11 is 6.55. The van der Waals surface area contributed by atoms with Crippen LogP contribution in [0, 0.1) is 12.8 Å². The Labute approximate surface area is 169 Å². The van der Waals surface area contributed by atoms with Gasteiger partial charge in [0, 0.05) is 66.2 Å². The molecule has 1 saturated carbocycles. The average molecular weight is 392 g/mol. The topological polar surface area (TPSA) is 46.8 Å². The number of fused-ring (bicyclic) bond motifs is 3. The normalized spacial score (nSPS) is 14.1. The standard InChI is InChI=1S/C22H22ClN5/c1-13-20-17(6-7-24-13)19-9-16(23)8-18(21(19)28(20)12-14-4-5-14)15-10-25-22(26-11-15)27(2)3/h6-11,14H,4-5,12H2,1-3H3. The van der Waals surface area contributed by atoms with E-state index >= 15 is 0 Å². The zero-order valence-electron chi connectivity index (χ0n) is 16.3. The van der Waals surface area contributed by atoms with Gasteiger partial charge >= 0.3 is 0 Å². The first-order valence-electron chi connectivity index (χ1n) is 9.59. The van der Waals surface area contributed by atoms with Crippen LogP contribution in [0.15, 0.2) is 36.8 Å². The Balaban J connectivity index is 1.83. The van der Waals surface area contributed by atoms with Gasteiger partial charge in [0.05, 0.1) is 16.7 Å². The number of nitrogens with zero attached hydrogens (tertiary/aromatic N) is 5. The van der Waals surface area contributed by atoms with Crippen molar-refractivity contribution < 1.29 is 0 Å². The molecule has 0 aliphatic heterocycles. The summed E-state index contributed by atoms with van der Waals surface area (Å²) in [5.74, 6) is 1.44. The molecule has 3 heterocycles. The molecule has 0 atom stereocenters. The number of benzene rings is 1. The quantitative estimate of drug-likeness (QED) is 0.486. The van der Waals surface area contributed by atoms with E-state index in [0.717, 1.165) is 34.3 Å². The maximum absolute atomic E-state index is 6.55. The molecule has 5 nitrogen and oxygen atoms in total. The summed E-state index contributed by atoms with van der Waals surface area (Å²) in [6.45, 7) is 3.10. The lowest BCUT2D eigenvalue weighted by atomic mass is 10.0. The fourth-order valence-electron chi connectivity index (χ4n) is 3.98. The molecular weight excluding hydrogens is 370 g/mol. The number of hydrogen-bond donors (Lipinski definition) is 0. The number of anilines is 1. The van der Waals surface area contributed by atoms with Gasteiger partial charge < -0.3 is 9.47 Å². The van der Waals surface area contributed by atoms with Crippen molar-refractivity contribution in [3.63, 3.8) is 0 Å². The van der Waals surface area contributed by atoms with Crippen LogP contribution in [-0.4, -0.2) is 33.6 Å². The van der Waals surface area contributed by atoms with Gasteiger partial charge in [0.15, 0.2) is 0 Å². The third kappa shape index (κ3) is 2.81. The third-order valence-electron chi connectivity index (χ3n) is 5.50. The largest absolute Gasteiger partial charge is 0.347 e. The summed E-state index contributed by atoms with van der Waals surface area (Å²) < 4.78 is 2.44. The maximum atomic E-state index is 6.55. The van der Waals surface area contributed by atoms with Crippen LogP contribution in [0.25, 0.3) is 32.9 Å². The van der Waals surface area contributed by atoms with Gasteiger partial charge in [0.1, 0.15) is 0 Å². The second-order valence-electron chi connectivity index (χ2n) is 7.86. The van der Waals surface area contributed by atoms with Crippen LogP contribution in [-0.2, 0) is 6.54 Å². The van der Waals surface area contributed by atoms with Gasteiger partial charge in [-0.2, -0.15) is 0 Å². The molecule has 3 aromatic heterocycles. The Morgan fingerprint density at radius 1 is 1.07 bits per heavy atom. The molecule has 0 spiro atoms. The molecule has 6 heteroatoms. The lowest BCUT2D eigenvalue weighted by Gasteiger charge is -2.13. The molecule has 142 valence electrons. The molecule has 0 amide bonds. The van der Waals surface area contributed by atoms with Crippen molar-refractivity contribution in [2.75, 3.05) is 19.0 Å². The predicted molar refractivity (Wildman–Crippen MR) is 115 cm³/mol. The van der Waals surface area contributed by atoms with Crippen LogP contribution in [0.5, 0.6) is 0 Å². The smallest absolute Gasteiger partial charge is 0.224 e. The van der Waals surface area contributed by atoms with Crippen molar-refractivity contribution in [1.29, 1.82) is 0 Å². The van der Waals surface area contributed by atoms with Crippen molar-refractivity contribution in [2.45, 2.75) is 26.3 Å². The summed E-state index contributed by atoms with van der Waals surface area (Å²) in [5.41, 5.74) is 5.51. The van der Waals surface area contributed by atoms with E-state index in [-0.39, 0.29) is 0 Å². The number of rotatable bonds is 4. The van der Waals surface area contributed by atoms with Crippen LogP contribution >= 0.6 is 11.6 Å². The number of aromatic nitrogens is 4. The SMILES string of the molecule is Cc1nccc2c3cc(Cl)cc(-c4cnc(N(C)C)nc4)c3n(CC3CC3)c12. The molecule has 4 aromatic rings. The second-order valence-corrected chi connectivity index (χ2v) is 8.30. The molecule has 0 saturated heterocycles. The molecule has 1 aliphatic carbocycles. The minimum atomic E-state index is 0.695. The van der Waals surface area contributed by atoms with Gasteiger partial charge in [-0.3, -0.25) is 4.98 Å². The van der Waals surface area contributed by atoms with Gasteiger partial charge in [-0.15, -0.1) is 0 Å². The van der Waals surface area contributed by atoms with Gasteiger partial charge in [-0.25, -0.2) is 9.97 Å². The van der Waals surface area contributed by atoms with E-state index in [4.69, 9.17) is 11.6 Å². The molecular formula is C22H22ClN5. The van der Waals surface area contributed by atoms with E-state index in [1.165, 1.54) is 34.6 Å². The maximum Gasteiger partial charge on any atom is 0.224 e. The predicted octanol–water partition coefficient (Wildman–Crippen LogP) is 5.08. The van der Waals surface area contributed by atoms with E-state index in [0.29, 0.717) is 5.95 Å². The van der Waals surface area contributed by atoms with Crippen LogP contribution in [0.4, 0.5) is 5.95 Å². The highest BCUT2D eigenvalue weighted by atomic mass is 35.5. The Hall–Kier alpha value is -2.66. The van der Waals surface area contributed by atoms with Crippen LogP contribution in [0.2, 0.25) is 5.02 Å². The average Bonchev–Trinajstić information content (AvgIpc) is 3.44. The van der Waals surface area contributed by atoms with Crippen LogP contribution in [0.1, 0.15) is 18.5 Å². The first-order valence-corrected chi connectivity index (χ1v) is 9.97. The Morgan fingerprint density at radius 3 is 2.50 bits per heavy atom. The fraction of sp³-hybridized carbons (Fsp3) is 0.318. The number of hydrogen-bond acceptors (Lipinski definition) is 4. The van der Waals surface area contributed by atoms with Crippen molar-refractivity contribution in [1.82, 2.24) is 19.5 Å². The summed E-state index contributed by atoms with van der Waals surface area (Å²) in [5, 5.41) is 3.09. The van der Waals surface area contributed by atoms with E-state index in [9.17, 15) is 0 Å². The van der Waals surface area contributed by atoms with Crippen LogP contribution < -0.4 is 4.90 Å². The number of halogens is 1. The number of pyridine rings is 1. The highest BCUT2D eigenvalue weighted by molar-refractivity contribution is 6.32. The third-order valence-corrected chi connectivity index (χ3v) is 5.72. The molecule has 0 radical (unpaired) electrons. The van der Waals surface area contributed by atoms with Gasteiger partial charge in [0.2, 0.25) is 5.95 Å². The molecule has 28 heavy (non-hydrogen) atoms. The molecule has 1 fully saturated rings. The first kappa shape index (κ1) is 17.4. The molecule has 0 bridgehead atoms. The van der Waals surface area contributed by atoms with Crippen molar-refractivity contribution in [3.8, 4) is 11.1 Å². The monoisotopic (exact) mass is 391 g/mol. The molecule has 0 unspecified atom stereocenters. The zero-order chi connectivity index (χ0) is 19.4. The lowest BCUT2D eigenvalue weighted by Crippen LogP contribution is -2.12. The minimum Gasteiger partial charge on any atom is -0.347 e. The minimum absolute atomic E-state index is 0.695. The van der Waals surface area contributed by atoms with E-state index in [1.807, 2.05) is 43.7 Å². The van der Waals surface area contributed by atoms with Crippen molar-refractivity contribution >= 4 is 39.4 Å². The summed E-state index contributed by atoms with van der Waals surface area (Å²) in [6.07, 6.45) is 8.25. The lowest BCUT2D eigenvalue weighted by molar-refractivity contribution is 0.662. The fourth-order valence-corrected chi connectivity index (χ4v) is 4.19. The van der Waals surface area contributed by atoms with Crippen molar-refractivity contribution in [2.24, 2.45) is 5.92 Å². The first-order chi connectivity index (χ1) is 13.5. The van der Waals surface area contributed by atoms with E-state index < -0.39 is 0 Å². The van der Waals surface area contributed by atoms with Gasteiger partial charge in [0.25, 0.3) is 0 Å². The summed E-state index contributed by atoms with van der Waals surface area (Å²) in [6, 6.07) is 6.20. The Morgan fingerprint density at radius 2 is 1.82 bits per heavy atom. The highest BCUT2D eigenvalue weighted by Crippen LogP contribution is 2.41. The van der Waals surface area contributed by atoms with Gasteiger partial charge in [-0.1, -0.05) is 11.6 Å². The second kappa shape index (κ2) is 6.45. The molecule has 0 N–H and O–H groups in total. The molecule has 1 aromatic carbocycles. The van der Waals surface area contributed by atoms with Crippen LogP contribution in [0.3, 0.4) is 0 Å². The van der Waals surface area contributed by atoms with E-state index in [2.05, 4.69) is 38.6 Å². The van der Waals surface area contributed by atoms with Gasteiger partial charge in [-0.05, 0) is 43.9 Å². The zero-order valence-corrected chi connectivity index (χ0v) is 17.0. The highest BCUT2D eigenvalue weighted by Gasteiger charge is 2.26. The molecule has 1 aliphatic rings. The molecule has 5 rings (SSSR count). The Bertz CT molecular complexity index is 1190. The van der Waals surface area contributed by atoms with E-state index in [1.54, 1.807) is 0 Å².